The van der Waals surface area contributed by atoms with Crippen molar-refractivity contribution < 1.29 is 65.9 Å². The van der Waals surface area contributed by atoms with E-state index in [0.29, 0.717) is 17.3 Å². The minimum Gasteiger partial charge on any atom is -0.171 e. The first-order valence-electron chi connectivity index (χ1n) is 20.2. The normalized spacial score (nSPS) is 13.6. The van der Waals surface area contributed by atoms with Crippen LogP contribution in [-0.4, -0.2) is 30.9 Å². The summed E-state index contributed by atoms with van der Waals surface area (Å²) in [4.78, 5) is 0. The zero-order valence-electron chi connectivity index (χ0n) is 38.7. The van der Waals surface area contributed by atoms with Gasteiger partial charge in [0, 0.05) is 6.42 Å². The van der Waals surface area contributed by atoms with Crippen molar-refractivity contribution in [3.8, 4) is 0 Å². The number of hydrogen-bond donors (Lipinski definition) is 0. The molecule has 0 aliphatic carbocycles. The lowest BCUT2D eigenvalue weighted by atomic mass is 9.94. The Kier molecular flexibility index (Phi) is 41.6. The standard InChI is InChI=1S/2C6H8F6.C6H11F3.4C6H14/c1-4(6(10,11)12)2-3-5(7,8)9;1-2-3-4(5(7,8)9)6(10,11)12;1-3-4-5(2)6(7,8)9;2*1-5-6(2,3)4;1-5(2)6(3)4;1-4-6(3)5-2/h2*4H,2-3H2,1H3;5H,3-4H2,1-2H3;2*5H2,1-4H3;5-6H,1-4H3;6H,4-5H2,1-3H3/t4-;;5-;;;;/m0.0..../s1. The Hall–Kier alpha value is -1.05. The third-order valence-corrected chi connectivity index (χ3v) is 8.92. The lowest BCUT2D eigenvalue weighted by Crippen LogP contribution is -2.36. The number of rotatable bonds is 9. The van der Waals surface area contributed by atoms with Gasteiger partial charge in [-0.25, -0.2) is 0 Å². The van der Waals surface area contributed by atoms with Crippen LogP contribution in [0.1, 0.15) is 196 Å². The molecule has 15 heteroatoms. The van der Waals surface area contributed by atoms with Crippen molar-refractivity contribution in [2.75, 3.05) is 0 Å². The number of hydrogen-bond acceptors (Lipinski definition) is 0. The fraction of sp³-hybridized carbons (Fsp3) is 1.00. The van der Waals surface area contributed by atoms with Gasteiger partial charge in [-0.2, -0.15) is 65.9 Å². The molecule has 0 rings (SSSR count). The van der Waals surface area contributed by atoms with Gasteiger partial charge in [-0.15, -0.1) is 0 Å². The molecule has 0 aromatic carbocycles. The van der Waals surface area contributed by atoms with Gasteiger partial charge in [0.05, 0.1) is 11.8 Å². The quantitative estimate of drug-likeness (QED) is 0.203. The average Bonchev–Trinajstić information content (AvgIpc) is 3.00. The number of alkyl halides is 15. The smallest absolute Gasteiger partial charge is 0.171 e. The zero-order chi connectivity index (χ0) is 48.0. The summed E-state index contributed by atoms with van der Waals surface area (Å²) in [6.07, 6.45) is -20.6. The molecule has 0 saturated carbocycles. The van der Waals surface area contributed by atoms with Crippen molar-refractivity contribution in [2.24, 2.45) is 46.3 Å². The molecule has 0 spiro atoms. The van der Waals surface area contributed by atoms with Crippen LogP contribution < -0.4 is 0 Å². The molecule has 0 aromatic heterocycles. The molecule has 0 aromatic rings. The van der Waals surface area contributed by atoms with Gasteiger partial charge in [-0.05, 0) is 47.8 Å². The predicted molar refractivity (Wildman–Crippen MR) is 210 cm³/mol. The highest BCUT2D eigenvalue weighted by atomic mass is 19.4. The minimum absolute atomic E-state index is 0.135. The molecule has 0 radical (unpaired) electrons. The van der Waals surface area contributed by atoms with Crippen molar-refractivity contribution in [3.05, 3.63) is 0 Å². The molecule has 0 amide bonds. The molecular formula is C42H83F15. The molecule has 0 unspecified atom stereocenters. The fourth-order valence-electron chi connectivity index (χ4n) is 2.23. The second-order valence-corrected chi connectivity index (χ2v) is 17.5. The topological polar surface area (TPSA) is 0 Å². The molecule has 356 valence electrons. The molecule has 0 N–H and O–H groups in total. The molecule has 0 heterocycles. The Labute approximate surface area is 338 Å². The van der Waals surface area contributed by atoms with E-state index in [1.54, 1.807) is 6.92 Å². The molecule has 0 fully saturated rings. The van der Waals surface area contributed by atoms with Gasteiger partial charge in [0.2, 0.25) is 0 Å². The predicted octanol–water partition coefficient (Wildman–Crippen LogP) is 19.7. The molecule has 0 saturated heterocycles. The van der Waals surface area contributed by atoms with E-state index in [4.69, 9.17) is 0 Å². The van der Waals surface area contributed by atoms with Crippen molar-refractivity contribution in [1.82, 2.24) is 0 Å². The Morgan fingerprint density at radius 3 is 0.702 bits per heavy atom. The molecule has 0 nitrogen and oxygen atoms in total. The van der Waals surface area contributed by atoms with Crippen LogP contribution in [0.15, 0.2) is 0 Å². The number of halogens is 15. The summed E-state index contributed by atoms with van der Waals surface area (Å²) >= 11 is 0. The summed E-state index contributed by atoms with van der Waals surface area (Å²) in [7, 11) is 0. The third-order valence-electron chi connectivity index (χ3n) is 8.92. The van der Waals surface area contributed by atoms with E-state index in [-0.39, 0.29) is 12.8 Å². The van der Waals surface area contributed by atoms with E-state index in [2.05, 4.69) is 104 Å². The van der Waals surface area contributed by atoms with Gasteiger partial charge in [-0.1, -0.05) is 170 Å². The summed E-state index contributed by atoms with van der Waals surface area (Å²) in [6.45, 7) is 38.6. The van der Waals surface area contributed by atoms with Crippen LogP contribution in [0, 0.1) is 46.3 Å². The summed E-state index contributed by atoms with van der Waals surface area (Å²) in [5, 5.41) is 0. The van der Waals surface area contributed by atoms with Crippen LogP contribution in [0.5, 0.6) is 0 Å². The maximum absolute atomic E-state index is 11.7. The van der Waals surface area contributed by atoms with Crippen LogP contribution in [0.3, 0.4) is 0 Å². The van der Waals surface area contributed by atoms with Crippen LogP contribution >= 0.6 is 0 Å². The van der Waals surface area contributed by atoms with Gasteiger partial charge >= 0.3 is 30.9 Å². The second-order valence-electron chi connectivity index (χ2n) is 17.5. The van der Waals surface area contributed by atoms with Gasteiger partial charge < -0.3 is 0 Å². The summed E-state index contributed by atoms with van der Waals surface area (Å²) in [6, 6.07) is 0. The summed E-state index contributed by atoms with van der Waals surface area (Å²) in [5.74, 6) is -3.56. The first-order chi connectivity index (χ1) is 24.9. The van der Waals surface area contributed by atoms with Crippen molar-refractivity contribution in [1.29, 1.82) is 0 Å². The minimum atomic E-state index is -5.17. The Morgan fingerprint density at radius 1 is 0.368 bits per heavy atom. The highest BCUT2D eigenvalue weighted by Crippen LogP contribution is 2.41. The van der Waals surface area contributed by atoms with Crippen molar-refractivity contribution >= 4 is 0 Å². The molecular weight excluding hydrogens is 789 g/mol. The van der Waals surface area contributed by atoms with Crippen molar-refractivity contribution in [2.45, 2.75) is 227 Å². The van der Waals surface area contributed by atoms with E-state index >= 15 is 0 Å². The van der Waals surface area contributed by atoms with E-state index in [9.17, 15) is 65.9 Å². The highest BCUT2D eigenvalue weighted by molar-refractivity contribution is 4.74. The van der Waals surface area contributed by atoms with Gasteiger partial charge in [0.1, 0.15) is 0 Å². The average molecular weight is 873 g/mol. The first kappa shape index (κ1) is 70.5. The van der Waals surface area contributed by atoms with Gasteiger partial charge in [0.15, 0.2) is 5.92 Å². The van der Waals surface area contributed by atoms with E-state index < -0.39 is 67.9 Å². The molecule has 0 aliphatic rings. The fourth-order valence-corrected chi connectivity index (χ4v) is 2.23. The molecule has 0 bridgehead atoms. The van der Waals surface area contributed by atoms with Gasteiger partial charge in [-0.3, -0.25) is 0 Å². The Balaban J connectivity index is -0.000000105. The van der Waals surface area contributed by atoms with E-state index in [1.165, 1.54) is 39.5 Å². The molecule has 57 heavy (non-hydrogen) atoms. The Bertz CT molecular complexity index is 797. The second kappa shape index (κ2) is 33.6. The summed E-state index contributed by atoms with van der Waals surface area (Å²) < 4.78 is 174. The molecule has 0 aliphatic heterocycles. The highest BCUT2D eigenvalue weighted by Gasteiger charge is 2.55. The van der Waals surface area contributed by atoms with Crippen molar-refractivity contribution in [3.63, 3.8) is 0 Å². The van der Waals surface area contributed by atoms with Crippen LogP contribution in [-0.2, 0) is 0 Å². The maximum atomic E-state index is 11.7. The summed E-state index contributed by atoms with van der Waals surface area (Å²) in [5.41, 5.74) is 1.08. The SMILES string of the molecule is CC(C)C(C)C.CCC(C)(C)C.CCC(C)(C)C.CCC(C)CC.CCCC(C(F)(F)F)C(F)(F)F.CCC[C@H](C)C(F)(F)F.C[C@@H](CCC(F)(F)F)C(F)(F)F. The van der Waals surface area contributed by atoms with Crippen LogP contribution in [0.25, 0.3) is 0 Å². The largest absolute Gasteiger partial charge is 0.400 e. The van der Waals surface area contributed by atoms with Crippen LogP contribution in [0.2, 0.25) is 0 Å². The third kappa shape index (κ3) is 64.3. The lowest BCUT2D eigenvalue weighted by Gasteiger charge is -2.21. The van der Waals surface area contributed by atoms with E-state index in [1.807, 2.05) is 0 Å². The monoisotopic (exact) mass is 873 g/mol. The maximum Gasteiger partial charge on any atom is 0.400 e. The Morgan fingerprint density at radius 2 is 0.614 bits per heavy atom. The van der Waals surface area contributed by atoms with Gasteiger partial charge in [0.25, 0.3) is 0 Å². The molecule has 2 atom stereocenters. The van der Waals surface area contributed by atoms with E-state index in [0.717, 1.165) is 24.7 Å². The zero-order valence-corrected chi connectivity index (χ0v) is 38.7. The first-order valence-corrected chi connectivity index (χ1v) is 20.2. The van der Waals surface area contributed by atoms with Crippen LogP contribution in [0.4, 0.5) is 65.9 Å². The lowest BCUT2D eigenvalue weighted by molar-refractivity contribution is -0.285.